The minimum atomic E-state index is -0.575. The first kappa shape index (κ1) is 19.5. The topological polar surface area (TPSA) is 81.2 Å². The van der Waals surface area contributed by atoms with Gasteiger partial charge in [-0.25, -0.2) is 14.8 Å². The molecular weight excluding hydrogens is 354 g/mol. The molecule has 0 saturated carbocycles. The van der Waals surface area contributed by atoms with Crippen LogP contribution in [0.4, 0.5) is 5.69 Å². The summed E-state index contributed by atoms with van der Waals surface area (Å²) >= 11 is 0. The van der Waals surface area contributed by atoms with E-state index in [1.165, 1.54) is 0 Å². The normalized spacial score (nSPS) is 10.8. The number of amides is 1. The van der Waals surface area contributed by atoms with Crippen molar-refractivity contribution in [2.24, 2.45) is 0 Å². The van der Waals surface area contributed by atoms with E-state index in [4.69, 9.17) is 4.74 Å². The Morgan fingerprint density at radius 2 is 1.50 bits per heavy atom. The van der Waals surface area contributed by atoms with E-state index in [1.807, 2.05) is 46.8 Å². The van der Waals surface area contributed by atoms with Crippen LogP contribution in [0.1, 0.15) is 38.4 Å². The Bertz CT molecular complexity index is 1070. The summed E-state index contributed by atoms with van der Waals surface area (Å²) in [4.78, 5) is 33.4. The molecule has 0 saturated heterocycles. The first-order chi connectivity index (χ1) is 13.2. The number of esters is 1. The first-order valence-corrected chi connectivity index (χ1v) is 9.04. The van der Waals surface area contributed by atoms with Crippen LogP contribution >= 0.6 is 0 Å². The second kappa shape index (κ2) is 7.76. The van der Waals surface area contributed by atoms with Crippen molar-refractivity contribution in [2.45, 2.75) is 34.6 Å². The highest BCUT2D eigenvalue weighted by molar-refractivity contribution is 5.97. The second-order valence-electron chi connectivity index (χ2n) is 7.00. The number of rotatable bonds is 4. The second-order valence-corrected chi connectivity index (χ2v) is 7.00. The van der Waals surface area contributed by atoms with E-state index in [9.17, 15) is 9.59 Å². The highest BCUT2D eigenvalue weighted by Crippen LogP contribution is 2.22. The lowest BCUT2D eigenvalue weighted by atomic mass is 10.1. The van der Waals surface area contributed by atoms with Crippen LogP contribution in [0.3, 0.4) is 0 Å². The molecule has 1 aromatic heterocycles. The zero-order valence-electron chi connectivity index (χ0n) is 16.7. The molecule has 1 amide bonds. The molecule has 6 nitrogen and oxygen atoms in total. The Morgan fingerprint density at radius 1 is 0.893 bits per heavy atom. The molecule has 6 heteroatoms. The molecule has 0 aliphatic carbocycles. The molecule has 28 heavy (non-hydrogen) atoms. The van der Waals surface area contributed by atoms with Gasteiger partial charge in [-0.3, -0.25) is 4.79 Å². The van der Waals surface area contributed by atoms with Crippen LogP contribution in [-0.2, 0) is 9.53 Å². The van der Waals surface area contributed by atoms with E-state index in [-0.39, 0.29) is 12.5 Å². The summed E-state index contributed by atoms with van der Waals surface area (Å²) in [6.07, 6.45) is 0. The number of carbonyl (C=O) groups is 2. The van der Waals surface area contributed by atoms with Crippen molar-refractivity contribution in [3.8, 4) is 0 Å². The maximum atomic E-state index is 12.3. The number of hydrogen-bond acceptors (Lipinski definition) is 5. The minimum Gasteiger partial charge on any atom is -0.452 e. The van der Waals surface area contributed by atoms with Gasteiger partial charge in [0.2, 0.25) is 0 Å². The quantitative estimate of drug-likeness (QED) is 0.696. The fraction of sp³-hybridized carbons (Fsp3) is 0.273. The Kier molecular flexibility index (Phi) is 5.40. The van der Waals surface area contributed by atoms with Gasteiger partial charge >= 0.3 is 5.97 Å². The lowest BCUT2D eigenvalue weighted by molar-refractivity contribution is -0.119. The van der Waals surface area contributed by atoms with Crippen LogP contribution in [0, 0.1) is 34.6 Å². The summed E-state index contributed by atoms with van der Waals surface area (Å²) in [6, 6.07) is 8.97. The summed E-state index contributed by atoms with van der Waals surface area (Å²) in [5.41, 5.74) is 7.13. The molecule has 1 heterocycles. The Labute approximate surface area is 164 Å². The van der Waals surface area contributed by atoms with Crippen molar-refractivity contribution in [2.75, 3.05) is 11.9 Å². The van der Waals surface area contributed by atoms with Gasteiger partial charge in [-0.1, -0.05) is 17.7 Å². The summed E-state index contributed by atoms with van der Waals surface area (Å²) in [6.45, 7) is 9.27. The van der Waals surface area contributed by atoms with Crippen molar-refractivity contribution < 1.29 is 14.3 Å². The largest absolute Gasteiger partial charge is 0.452 e. The van der Waals surface area contributed by atoms with Gasteiger partial charge in [-0.05, 0) is 63.9 Å². The standard InChI is InChI=1S/C22H23N3O3/c1-12-8-13(2)21(14(3)9-12)25-20(26)11-28-22(27)17-6-7-18-19(10-17)24-16(5)15(4)23-18/h6-10H,11H2,1-5H3,(H,25,26). The average molecular weight is 377 g/mol. The number of aromatic nitrogens is 2. The van der Waals surface area contributed by atoms with Crippen molar-refractivity contribution in [3.63, 3.8) is 0 Å². The predicted molar refractivity (Wildman–Crippen MR) is 109 cm³/mol. The molecular formula is C22H23N3O3. The van der Waals surface area contributed by atoms with Gasteiger partial charge in [-0.2, -0.15) is 0 Å². The van der Waals surface area contributed by atoms with Gasteiger partial charge in [0.15, 0.2) is 6.61 Å². The van der Waals surface area contributed by atoms with Crippen LogP contribution in [0.2, 0.25) is 0 Å². The number of hydrogen-bond donors (Lipinski definition) is 1. The maximum Gasteiger partial charge on any atom is 0.338 e. The third-order valence-electron chi connectivity index (χ3n) is 4.59. The smallest absolute Gasteiger partial charge is 0.338 e. The van der Waals surface area contributed by atoms with E-state index in [2.05, 4.69) is 15.3 Å². The number of anilines is 1. The summed E-state index contributed by atoms with van der Waals surface area (Å²) in [5.74, 6) is -0.954. The highest BCUT2D eigenvalue weighted by atomic mass is 16.5. The van der Waals surface area contributed by atoms with Crippen molar-refractivity contribution in [3.05, 3.63) is 64.0 Å². The Morgan fingerprint density at radius 3 is 2.14 bits per heavy atom. The SMILES string of the molecule is Cc1cc(C)c(NC(=O)COC(=O)c2ccc3nc(C)c(C)nc3c2)c(C)c1. The summed E-state index contributed by atoms with van der Waals surface area (Å²) < 4.78 is 5.17. The van der Waals surface area contributed by atoms with Gasteiger partial charge < -0.3 is 10.1 Å². The number of benzene rings is 2. The monoisotopic (exact) mass is 377 g/mol. The molecule has 2 aromatic carbocycles. The van der Waals surface area contributed by atoms with E-state index < -0.39 is 5.97 Å². The number of fused-ring (bicyclic) bond motifs is 1. The molecule has 0 unspecified atom stereocenters. The number of ether oxygens (including phenoxy) is 1. The molecule has 0 bridgehead atoms. The molecule has 0 aliphatic rings. The van der Waals surface area contributed by atoms with Crippen LogP contribution in [-0.4, -0.2) is 28.5 Å². The lowest BCUT2D eigenvalue weighted by Gasteiger charge is -2.13. The van der Waals surface area contributed by atoms with E-state index >= 15 is 0 Å². The zero-order chi connectivity index (χ0) is 20.4. The van der Waals surface area contributed by atoms with Gasteiger partial charge in [0, 0.05) is 5.69 Å². The molecule has 0 fully saturated rings. The van der Waals surface area contributed by atoms with Crippen molar-refractivity contribution in [1.82, 2.24) is 9.97 Å². The van der Waals surface area contributed by atoms with Crippen molar-refractivity contribution in [1.29, 1.82) is 0 Å². The molecule has 0 radical (unpaired) electrons. The fourth-order valence-electron chi connectivity index (χ4n) is 3.12. The zero-order valence-corrected chi connectivity index (χ0v) is 16.7. The lowest BCUT2D eigenvalue weighted by Crippen LogP contribution is -2.22. The molecule has 3 aromatic rings. The van der Waals surface area contributed by atoms with Gasteiger partial charge in [0.25, 0.3) is 5.91 Å². The van der Waals surface area contributed by atoms with Gasteiger partial charge in [0.05, 0.1) is 28.0 Å². The number of carbonyl (C=O) groups excluding carboxylic acids is 2. The number of nitrogens with zero attached hydrogens (tertiary/aromatic N) is 2. The third-order valence-corrected chi connectivity index (χ3v) is 4.59. The first-order valence-electron chi connectivity index (χ1n) is 9.04. The minimum absolute atomic E-state index is 0.334. The van der Waals surface area contributed by atoms with Crippen LogP contribution in [0.25, 0.3) is 11.0 Å². The molecule has 1 N–H and O–H groups in total. The molecule has 0 aliphatic heterocycles. The Balaban J connectivity index is 1.68. The Hall–Kier alpha value is -3.28. The molecule has 3 rings (SSSR count). The number of nitrogens with one attached hydrogen (secondary N) is 1. The van der Waals surface area contributed by atoms with Gasteiger partial charge in [-0.15, -0.1) is 0 Å². The third kappa shape index (κ3) is 4.17. The fourth-order valence-corrected chi connectivity index (χ4v) is 3.12. The average Bonchev–Trinajstić information content (AvgIpc) is 2.63. The van der Waals surface area contributed by atoms with E-state index in [0.717, 1.165) is 33.8 Å². The van der Waals surface area contributed by atoms with Crippen molar-refractivity contribution >= 4 is 28.6 Å². The highest BCUT2D eigenvalue weighted by Gasteiger charge is 2.14. The van der Waals surface area contributed by atoms with Crippen LogP contribution < -0.4 is 5.32 Å². The summed E-state index contributed by atoms with van der Waals surface area (Å²) in [7, 11) is 0. The molecule has 0 spiro atoms. The number of aryl methyl sites for hydroxylation is 5. The maximum absolute atomic E-state index is 12.3. The van der Waals surface area contributed by atoms with E-state index in [1.54, 1.807) is 18.2 Å². The molecule has 0 atom stereocenters. The van der Waals surface area contributed by atoms with Crippen LogP contribution in [0.5, 0.6) is 0 Å². The van der Waals surface area contributed by atoms with E-state index in [0.29, 0.717) is 16.6 Å². The van der Waals surface area contributed by atoms with Crippen LogP contribution in [0.15, 0.2) is 30.3 Å². The molecule has 144 valence electrons. The van der Waals surface area contributed by atoms with Gasteiger partial charge in [0.1, 0.15) is 0 Å². The summed E-state index contributed by atoms with van der Waals surface area (Å²) in [5, 5.41) is 2.82. The predicted octanol–water partition coefficient (Wildman–Crippen LogP) is 3.97.